The fourth-order valence-corrected chi connectivity index (χ4v) is 7.16. The Bertz CT molecular complexity index is 3090. The van der Waals surface area contributed by atoms with Crippen molar-refractivity contribution in [3.63, 3.8) is 0 Å². The van der Waals surface area contributed by atoms with Crippen molar-refractivity contribution in [3.05, 3.63) is 179 Å². The number of halogens is 1. The van der Waals surface area contributed by atoms with Crippen molar-refractivity contribution in [2.45, 2.75) is 0 Å². The quantitative estimate of drug-likeness (QED) is 0.112. The summed E-state index contributed by atoms with van der Waals surface area (Å²) in [5.74, 6) is -2.00. The molecule has 0 aromatic heterocycles. The molecule has 0 spiro atoms. The number of carbonyl (C=O) groups is 3. The number of nitrogens with zero attached hydrogens (tertiary/aromatic N) is 4. The number of azo groups is 2. The largest absolute Gasteiger partial charge is 0.505 e. The van der Waals surface area contributed by atoms with E-state index in [2.05, 4.69) is 31.1 Å². The number of phenols is 2. The van der Waals surface area contributed by atoms with Crippen LogP contribution in [0.25, 0.3) is 32.7 Å². The van der Waals surface area contributed by atoms with E-state index in [0.717, 1.165) is 0 Å². The number of amides is 2. The fraction of sp³-hybridized carbons (Fsp3) is 0. The molecule has 9 rings (SSSR count). The van der Waals surface area contributed by atoms with Crippen LogP contribution >= 0.6 is 11.6 Å². The Morgan fingerprint density at radius 1 is 0.475 bits per heavy atom. The molecule has 0 aliphatic heterocycles. The highest BCUT2D eigenvalue weighted by Gasteiger charge is 2.28. The Morgan fingerprint density at radius 2 is 0.915 bits per heavy atom. The number of aromatic hydroxyl groups is 2. The number of phenolic OH excluding ortho intramolecular Hbond substituents is 2. The van der Waals surface area contributed by atoms with E-state index >= 15 is 0 Å². The van der Waals surface area contributed by atoms with Gasteiger partial charge in [-0.2, -0.15) is 10.2 Å². The average molecular weight is 793 g/mol. The van der Waals surface area contributed by atoms with Crippen LogP contribution in [0.2, 0.25) is 5.02 Å². The number of para-hydroxylation sites is 1. The van der Waals surface area contributed by atoms with Gasteiger partial charge >= 0.3 is 0 Å². The first-order valence-corrected chi connectivity index (χ1v) is 18.7. The zero-order valence-corrected chi connectivity index (χ0v) is 31.5. The van der Waals surface area contributed by atoms with Crippen LogP contribution in [0.4, 0.5) is 34.1 Å². The Kier molecular flexibility index (Phi) is 9.40. The fourth-order valence-electron chi connectivity index (χ4n) is 7.03. The van der Waals surface area contributed by atoms with Crippen molar-refractivity contribution < 1.29 is 24.6 Å². The molecule has 4 N–H and O–H groups in total. The zero-order valence-electron chi connectivity index (χ0n) is 30.7. The zero-order chi connectivity index (χ0) is 40.6. The van der Waals surface area contributed by atoms with Crippen LogP contribution < -0.4 is 10.6 Å². The summed E-state index contributed by atoms with van der Waals surface area (Å²) in [6.07, 6.45) is 0. The highest BCUT2D eigenvalue weighted by Crippen LogP contribution is 2.44. The second kappa shape index (κ2) is 15.1. The van der Waals surface area contributed by atoms with Gasteiger partial charge < -0.3 is 20.8 Å². The molecule has 1 aliphatic carbocycles. The molecule has 0 atom stereocenters. The molecule has 1 aliphatic rings. The third kappa shape index (κ3) is 7.02. The second-order valence-corrected chi connectivity index (χ2v) is 14.1. The number of rotatable bonds is 8. The van der Waals surface area contributed by atoms with Crippen LogP contribution in [0, 0.1) is 0 Å². The number of nitrogens with one attached hydrogen (secondary N) is 2. The Labute approximate surface area is 341 Å². The molecule has 8 aromatic carbocycles. The standard InChI is InChI=1S/C47H29ClN6O5/c48-28-14-16-30(17-15-28)50-47(59)40-23-27-9-5-7-13-34(27)42(45(40)57)54-52-32-19-21-36-35-20-18-31(24-37(35)43(55)38(36)25-32)51-53-41-33-12-6-4-8-26(33)22-39(44(41)56)46(58)49-29-10-2-1-3-11-29/h1-25,56-57H,(H,49,58)(H,50,59). The van der Waals surface area contributed by atoms with E-state index < -0.39 is 11.8 Å². The maximum absolute atomic E-state index is 13.8. The number of benzene rings is 8. The predicted octanol–water partition coefficient (Wildman–Crippen LogP) is 12.6. The number of ketones is 1. The van der Waals surface area contributed by atoms with Gasteiger partial charge in [-0.25, -0.2) is 0 Å². The third-order valence-electron chi connectivity index (χ3n) is 9.93. The van der Waals surface area contributed by atoms with E-state index in [-0.39, 0.29) is 39.8 Å². The summed E-state index contributed by atoms with van der Waals surface area (Å²) in [4.78, 5) is 40.4. The third-order valence-corrected chi connectivity index (χ3v) is 10.2. The van der Waals surface area contributed by atoms with Gasteiger partial charge in [0.05, 0.1) is 22.5 Å². The van der Waals surface area contributed by atoms with Gasteiger partial charge in [-0.15, -0.1) is 10.2 Å². The van der Waals surface area contributed by atoms with Crippen LogP contribution in [0.5, 0.6) is 11.5 Å². The van der Waals surface area contributed by atoms with E-state index in [4.69, 9.17) is 11.6 Å². The Hall–Kier alpha value is -8.02. The topological polar surface area (TPSA) is 165 Å². The molecule has 8 aromatic rings. The average Bonchev–Trinajstić information content (AvgIpc) is 3.53. The minimum absolute atomic E-state index is 0.00444. The summed E-state index contributed by atoms with van der Waals surface area (Å²) >= 11 is 5.99. The van der Waals surface area contributed by atoms with Crippen LogP contribution in [0.1, 0.15) is 36.6 Å². The van der Waals surface area contributed by atoms with Gasteiger partial charge in [0.1, 0.15) is 11.4 Å². The van der Waals surface area contributed by atoms with Crippen LogP contribution in [-0.4, -0.2) is 27.8 Å². The molecule has 0 unspecified atom stereocenters. The Balaban J connectivity index is 0.993. The van der Waals surface area contributed by atoms with Gasteiger partial charge in [0, 0.05) is 38.3 Å². The highest BCUT2D eigenvalue weighted by atomic mass is 35.5. The summed E-state index contributed by atoms with van der Waals surface area (Å²) in [6, 6.07) is 43.3. The monoisotopic (exact) mass is 792 g/mol. The molecule has 11 nitrogen and oxygen atoms in total. The first-order chi connectivity index (χ1) is 28.7. The number of anilines is 2. The van der Waals surface area contributed by atoms with Gasteiger partial charge in [-0.3, -0.25) is 14.4 Å². The van der Waals surface area contributed by atoms with Crippen molar-refractivity contribution in [3.8, 4) is 22.6 Å². The van der Waals surface area contributed by atoms with E-state index in [1.54, 1.807) is 127 Å². The predicted molar refractivity (Wildman–Crippen MR) is 229 cm³/mol. The lowest BCUT2D eigenvalue weighted by Crippen LogP contribution is -2.12. The van der Waals surface area contributed by atoms with E-state index in [1.807, 2.05) is 24.3 Å². The molecule has 0 radical (unpaired) electrons. The minimum Gasteiger partial charge on any atom is -0.505 e. The van der Waals surface area contributed by atoms with Gasteiger partial charge in [0.25, 0.3) is 11.8 Å². The molecular formula is C47H29ClN6O5. The number of hydrogen-bond acceptors (Lipinski definition) is 9. The normalized spacial score (nSPS) is 12.0. The summed E-state index contributed by atoms with van der Waals surface area (Å²) in [5.41, 5.74) is 4.21. The van der Waals surface area contributed by atoms with Crippen molar-refractivity contribution in [1.29, 1.82) is 0 Å². The summed E-state index contributed by atoms with van der Waals surface area (Å²) < 4.78 is 0. The van der Waals surface area contributed by atoms with Crippen LogP contribution in [0.15, 0.2) is 172 Å². The number of carbonyl (C=O) groups excluding carboxylic acids is 3. The molecule has 0 saturated carbocycles. The maximum Gasteiger partial charge on any atom is 0.259 e. The lowest BCUT2D eigenvalue weighted by atomic mass is 10.0. The lowest BCUT2D eigenvalue weighted by molar-refractivity contribution is 0.101. The van der Waals surface area contributed by atoms with E-state index in [0.29, 0.717) is 71.6 Å². The summed E-state index contributed by atoms with van der Waals surface area (Å²) in [5, 5.41) is 48.8. The van der Waals surface area contributed by atoms with E-state index in [1.165, 1.54) is 0 Å². The first-order valence-electron chi connectivity index (χ1n) is 18.3. The lowest BCUT2D eigenvalue weighted by Gasteiger charge is -2.11. The molecular weight excluding hydrogens is 764 g/mol. The van der Waals surface area contributed by atoms with Crippen molar-refractivity contribution >= 4 is 84.9 Å². The van der Waals surface area contributed by atoms with Gasteiger partial charge in [0.2, 0.25) is 0 Å². The van der Waals surface area contributed by atoms with Gasteiger partial charge in [-0.05, 0) is 94.7 Å². The molecule has 284 valence electrons. The summed E-state index contributed by atoms with van der Waals surface area (Å²) in [6.45, 7) is 0. The molecule has 2 amide bonds. The SMILES string of the molecule is O=C1c2cc(N=Nc3c(O)c(C(=O)Nc4ccccc4)cc4ccccc34)ccc2-c2ccc(N=Nc3c(O)c(C(=O)Nc4ccc(Cl)cc4)cc4ccccc34)cc21. The number of fused-ring (bicyclic) bond motifs is 5. The van der Waals surface area contributed by atoms with E-state index in [9.17, 15) is 24.6 Å². The smallest absolute Gasteiger partial charge is 0.259 e. The molecule has 59 heavy (non-hydrogen) atoms. The van der Waals surface area contributed by atoms with Gasteiger partial charge in [-0.1, -0.05) is 90.5 Å². The maximum atomic E-state index is 13.8. The molecule has 12 heteroatoms. The highest BCUT2D eigenvalue weighted by molar-refractivity contribution is 6.30. The summed E-state index contributed by atoms with van der Waals surface area (Å²) in [7, 11) is 0. The second-order valence-electron chi connectivity index (χ2n) is 13.7. The van der Waals surface area contributed by atoms with Crippen LogP contribution in [-0.2, 0) is 0 Å². The molecule has 0 bridgehead atoms. The number of hydrogen-bond donors (Lipinski definition) is 4. The van der Waals surface area contributed by atoms with Crippen LogP contribution in [0.3, 0.4) is 0 Å². The molecule has 0 heterocycles. The van der Waals surface area contributed by atoms with Gasteiger partial charge in [0.15, 0.2) is 17.3 Å². The molecule has 0 fully saturated rings. The van der Waals surface area contributed by atoms with Crippen molar-refractivity contribution in [1.82, 2.24) is 0 Å². The Morgan fingerprint density at radius 3 is 1.41 bits per heavy atom. The minimum atomic E-state index is -0.545. The molecule has 0 saturated heterocycles. The van der Waals surface area contributed by atoms with Crippen molar-refractivity contribution in [2.75, 3.05) is 10.6 Å². The first kappa shape index (κ1) is 36.6. The van der Waals surface area contributed by atoms with Crippen molar-refractivity contribution in [2.24, 2.45) is 20.5 Å².